The summed E-state index contributed by atoms with van der Waals surface area (Å²) >= 11 is 0. The molecule has 4 nitrogen and oxygen atoms in total. The average Bonchev–Trinajstić information content (AvgIpc) is 2.61. The number of anilines is 2. The van der Waals surface area contributed by atoms with Gasteiger partial charge in [0.1, 0.15) is 0 Å². The molecule has 4 heteroatoms. The first kappa shape index (κ1) is 15.7. The predicted molar refractivity (Wildman–Crippen MR) is 96.6 cm³/mol. The largest absolute Gasteiger partial charge is 0.355 e. The first-order valence-corrected chi connectivity index (χ1v) is 7.72. The van der Waals surface area contributed by atoms with Crippen molar-refractivity contribution in [2.75, 3.05) is 11.9 Å². The van der Waals surface area contributed by atoms with Gasteiger partial charge in [0.25, 0.3) is 5.91 Å². The summed E-state index contributed by atoms with van der Waals surface area (Å²) in [6.45, 7) is 1.50. The van der Waals surface area contributed by atoms with Crippen LogP contribution >= 0.6 is 0 Å². The number of carbonyl (C=O) groups is 2. The van der Waals surface area contributed by atoms with Crippen molar-refractivity contribution in [1.29, 1.82) is 0 Å². The summed E-state index contributed by atoms with van der Waals surface area (Å²) in [5.74, 6) is -0.376. The van der Waals surface area contributed by atoms with E-state index in [2.05, 4.69) is 5.32 Å². The lowest BCUT2D eigenvalue weighted by molar-refractivity contribution is -0.115. The van der Waals surface area contributed by atoms with E-state index in [0.717, 1.165) is 16.5 Å². The predicted octanol–water partition coefficient (Wildman–Crippen LogP) is 3.88. The molecule has 0 unspecified atom stereocenters. The molecule has 0 aliphatic carbocycles. The minimum atomic E-state index is -0.224. The number of nitrogens with one attached hydrogen (secondary N) is 1. The molecule has 1 N–H and O–H groups in total. The van der Waals surface area contributed by atoms with Gasteiger partial charge in [0, 0.05) is 19.7 Å². The van der Waals surface area contributed by atoms with E-state index in [-0.39, 0.29) is 11.8 Å². The van der Waals surface area contributed by atoms with E-state index in [0.29, 0.717) is 11.3 Å². The van der Waals surface area contributed by atoms with Gasteiger partial charge in [-0.3, -0.25) is 14.5 Å². The van der Waals surface area contributed by atoms with Gasteiger partial charge in [-0.25, -0.2) is 0 Å². The summed E-state index contributed by atoms with van der Waals surface area (Å²) in [6.07, 6.45) is 0. The highest BCUT2D eigenvalue weighted by Crippen LogP contribution is 2.31. The van der Waals surface area contributed by atoms with Crippen molar-refractivity contribution in [3.05, 3.63) is 72.3 Å². The molecule has 0 aliphatic rings. The highest BCUT2D eigenvalue weighted by Gasteiger charge is 2.20. The fourth-order valence-electron chi connectivity index (χ4n) is 2.80. The van der Waals surface area contributed by atoms with E-state index in [1.807, 2.05) is 48.5 Å². The topological polar surface area (TPSA) is 49.4 Å². The van der Waals surface area contributed by atoms with Crippen LogP contribution in [0, 0.1) is 0 Å². The van der Waals surface area contributed by atoms with E-state index in [1.54, 1.807) is 30.1 Å². The molecule has 120 valence electrons. The molecule has 3 aromatic carbocycles. The molecule has 2 amide bonds. The Kier molecular flexibility index (Phi) is 4.29. The average molecular weight is 318 g/mol. The summed E-state index contributed by atoms with van der Waals surface area (Å²) in [5.41, 5.74) is 1.76. The van der Waals surface area contributed by atoms with Crippen LogP contribution in [0.2, 0.25) is 0 Å². The monoisotopic (exact) mass is 318 g/mol. The third-order valence-electron chi connectivity index (χ3n) is 3.92. The van der Waals surface area contributed by atoms with Crippen LogP contribution in [0.1, 0.15) is 17.3 Å². The number of hydrogen-bond donors (Lipinski definition) is 1. The molecular weight excluding hydrogens is 300 g/mol. The third kappa shape index (κ3) is 2.86. The molecule has 3 aromatic rings. The molecule has 0 aromatic heterocycles. The Morgan fingerprint density at radius 2 is 1.54 bits per heavy atom. The third-order valence-corrected chi connectivity index (χ3v) is 3.92. The highest BCUT2D eigenvalue weighted by atomic mass is 16.2. The van der Waals surface area contributed by atoms with Crippen LogP contribution in [0.4, 0.5) is 11.4 Å². The Balaban J connectivity index is 2.17. The minimum Gasteiger partial charge on any atom is -0.355 e. The number of nitrogens with zero attached hydrogens (tertiary/aromatic N) is 1. The number of fused-ring (bicyclic) bond motifs is 1. The number of hydrogen-bond acceptors (Lipinski definition) is 2. The van der Waals surface area contributed by atoms with Gasteiger partial charge in [-0.05, 0) is 35.0 Å². The lowest BCUT2D eigenvalue weighted by Gasteiger charge is -2.24. The van der Waals surface area contributed by atoms with Crippen molar-refractivity contribution in [3.8, 4) is 0 Å². The van der Waals surface area contributed by atoms with Gasteiger partial charge in [-0.15, -0.1) is 0 Å². The van der Waals surface area contributed by atoms with Crippen LogP contribution in [0.5, 0.6) is 0 Å². The molecule has 0 radical (unpaired) electrons. The van der Waals surface area contributed by atoms with Crippen LogP contribution in [0.25, 0.3) is 10.8 Å². The van der Waals surface area contributed by atoms with Crippen LogP contribution in [-0.4, -0.2) is 18.9 Å². The van der Waals surface area contributed by atoms with Crippen LogP contribution in [0.15, 0.2) is 66.7 Å². The van der Waals surface area contributed by atoms with Gasteiger partial charge in [0.15, 0.2) is 0 Å². The van der Waals surface area contributed by atoms with E-state index < -0.39 is 0 Å². The zero-order chi connectivity index (χ0) is 17.1. The maximum absolute atomic E-state index is 12.3. The number of benzene rings is 3. The number of amides is 2. The number of para-hydroxylation sites is 1. The molecule has 0 bridgehead atoms. The maximum atomic E-state index is 12.3. The second-order valence-corrected chi connectivity index (χ2v) is 5.48. The fourth-order valence-corrected chi connectivity index (χ4v) is 2.80. The summed E-state index contributed by atoms with van der Waals surface area (Å²) in [4.78, 5) is 26.1. The maximum Gasteiger partial charge on any atom is 0.253 e. The molecule has 0 atom stereocenters. The molecule has 0 aliphatic heterocycles. The normalized spacial score (nSPS) is 10.4. The Morgan fingerprint density at radius 3 is 2.25 bits per heavy atom. The molecule has 3 rings (SSSR count). The molecule has 0 saturated heterocycles. The lowest BCUT2D eigenvalue weighted by Crippen LogP contribution is -2.27. The van der Waals surface area contributed by atoms with Crippen molar-refractivity contribution >= 4 is 34.0 Å². The molecule has 24 heavy (non-hydrogen) atoms. The molecule has 0 fully saturated rings. The Hall–Kier alpha value is -3.14. The molecule has 0 heterocycles. The fraction of sp³-hybridized carbons (Fsp3) is 0.100. The zero-order valence-corrected chi connectivity index (χ0v) is 13.6. The van der Waals surface area contributed by atoms with Crippen LogP contribution < -0.4 is 10.2 Å². The SMILES string of the molecule is CNC(=O)c1ccccc1N(C(C)=O)c1ccc2ccccc2c1. The first-order valence-electron chi connectivity index (χ1n) is 7.72. The zero-order valence-electron chi connectivity index (χ0n) is 13.6. The summed E-state index contributed by atoms with van der Waals surface area (Å²) in [6, 6.07) is 20.9. The van der Waals surface area contributed by atoms with Crippen molar-refractivity contribution in [2.24, 2.45) is 0 Å². The van der Waals surface area contributed by atoms with E-state index in [9.17, 15) is 9.59 Å². The lowest BCUT2D eigenvalue weighted by atomic mass is 10.1. The molecule has 0 spiro atoms. The first-order chi connectivity index (χ1) is 11.6. The number of rotatable bonds is 3. The van der Waals surface area contributed by atoms with Crippen LogP contribution in [0.3, 0.4) is 0 Å². The van der Waals surface area contributed by atoms with Gasteiger partial charge in [-0.2, -0.15) is 0 Å². The standard InChI is InChI=1S/C20H18N2O2/c1-14(23)22(19-10-6-5-9-18(19)20(24)21-2)17-12-11-15-7-3-4-8-16(15)13-17/h3-13H,1-2H3,(H,21,24). The van der Waals surface area contributed by atoms with E-state index in [1.165, 1.54) is 6.92 Å². The number of carbonyl (C=O) groups excluding carboxylic acids is 2. The van der Waals surface area contributed by atoms with Crippen molar-refractivity contribution in [1.82, 2.24) is 5.32 Å². The van der Waals surface area contributed by atoms with E-state index >= 15 is 0 Å². The molecular formula is C20H18N2O2. The van der Waals surface area contributed by atoms with Crippen LogP contribution in [-0.2, 0) is 4.79 Å². The summed E-state index contributed by atoms with van der Waals surface area (Å²) in [7, 11) is 1.58. The smallest absolute Gasteiger partial charge is 0.253 e. The molecule has 0 saturated carbocycles. The Labute approximate surface area is 140 Å². The highest BCUT2D eigenvalue weighted by molar-refractivity contribution is 6.08. The van der Waals surface area contributed by atoms with Crippen molar-refractivity contribution in [2.45, 2.75) is 6.92 Å². The van der Waals surface area contributed by atoms with Gasteiger partial charge in [0.05, 0.1) is 11.3 Å². The van der Waals surface area contributed by atoms with Crippen molar-refractivity contribution in [3.63, 3.8) is 0 Å². The summed E-state index contributed by atoms with van der Waals surface area (Å²) < 4.78 is 0. The Bertz CT molecular complexity index is 918. The second kappa shape index (κ2) is 6.54. The quantitative estimate of drug-likeness (QED) is 0.796. The minimum absolute atomic E-state index is 0.151. The van der Waals surface area contributed by atoms with Gasteiger partial charge in [-0.1, -0.05) is 42.5 Å². The van der Waals surface area contributed by atoms with Crippen molar-refractivity contribution < 1.29 is 9.59 Å². The second-order valence-electron chi connectivity index (χ2n) is 5.48. The summed E-state index contributed by atoms with van der Waals surface area (Å²) in [5, 5.41) is 4.76. The van der Waals surface area contributed by atoms with Gasteiger partial charge < -0.3 is 5.32 Å². The van der Waals surface area contributed by atoms with E-state index in [4.69, 9.17) is 0 Å². The van der Waals surface area contributed by atoms with Gasteiger partial charge in [0.2, 0.25) is 5.91 Å². The van der Waals surface area contributed by atoms with Gasteiger partial charge >= 0.3 is 0 Å². The Morgan fingerprint density at radius 1 is 0.875 bits per heavy atom.